The van der Waals surface area contributed by atoms with Crippen LogP contribution in [0.3, 0.4) is 0 Å². The summed E-state index contributed by atoms with van der Waals surface area (Å²) in [6, 6.07) is 47.0. The lowest BCUT2D eigenvalue weighted by molar-refractivity contribution is 0.466. The van der Waals surface area contributed by atoms with Crippen molar-refractivity contribution in [2.45, 2.75) is 6.92 Å². The van der Waals surface area contributed by atoms with E-state index in [0.717, 1.165) is 56.1 Å². The maximum absolute atomic E-state index is 6.86. The number of benzene rings is 6. The smallest absolute Gasteiger partial charge is 0.260 e. The molecule has 6 aromatic carbocycles. The highest BCUT2D eigenvalue weighted by Crippen LogP contribution is 2.42. The molecule has 8 rings (SSSR count). The van der Waals surface area contributed by atoms with Gasteiger partial charge in [-0.3, -0.25) is 0 Å². The molecule has 2 aliphatic heterocycles. The summed E-state index contributed by atoms with van der Waals surface area (Å²) >= 11 is 0. The Morgan fingerprint density at radius 3 is 1.65 bits per heavy atom. The number of rotatable bonds is 3. The van der Waals surface area contributed by atoms with E-state index >= 15 is 0 Å². The van der Waals surface area contributed by atoms with E-state index in [1.807, 2.05) is 12.1 Å². The van der Waals surface area contributed by atoms with E-state index in [1.54, 1.807) is 0 Å². The summed E-state index contributed by atoms with van der Waals surface area (Å²) in [5.74, 6) is 3.53. The van der Waals surface area contributed by atoms with Gasteiger partial charge in [0.05, 0.1) is 0 Å². The van der Waals surface area contributed by atoms with Gasteiger partial charge >= 0.3 is 0 Å². The van der Waals surface area contributed by atoms with Gasteiger partial charge in [-0.25, -0.2) is 0 Å². The molecule has 0 aromatic heterocycles. The Labute approximate surface area is 234 Å². The van der Waals surface area contributed by atoms with Crippen molar-refractivity contribution in [3.8, 4) is 56.4 Å². The van der Waals surface area contributed by atoms with Crippen molar-refractivity contribution in [2.75, 3.05) is 0 Å². The second-order valence-electron chi connectivity index (χ2n) is 10.5. The number of hydrogen-bond donors (Lipinski definition) is 0. The summed E-state index contributed by atoms with van der Waals surface area (Å²) in [7, 11) is 0. The Kier molecular flexibility index (Phi) is 5.18. The number of hydrogen-bond acceptors (Lipinski definition) is 2. The zero-order valence-corrected chi connectivity index (χ0v) is 22.1. The summed E-state index contributed by atoms with van der Waals surface area (Å²) in [5.41, 5.74) is 11.5. The van der Waals surface area contributed by atoms with Gasteiger partial charge in [0.1, 0.15) is 23.0 Å². The maximum atomic E-state index is 6.86. The minimum absolute atomic E-state index is 0.0103. The van der Waals surface area contributed by atoms with Gasteiger partial charge in [-0.2, -0.15) is 0 Å². The van der Waals surface area contributed by atoms with Crippen molar-refractivity contribution in [3.63, 3.8) is 0 Å². The molecule has 0 atom stereocenters. The predicted octanol–water partition coefficient (Wildman–Crippen LogP) is 7.72. The average molecular weight is 512 g/mol. The summed E-state index contributed by atoms with van der Waals surface area (Å²) in [4.78, 5) is 0. The van der Waals surface area contributed by atoms with Crippen LogP contribution < -0.4 is 25.9 Å². The van der Waals surface area contributed by atoms with Gasteiger partial charge < -0.3 is 9.47 Å². The molecule has 0 amide bonds. The molecule has 0 spiro atoms. The first-order valence-corrected chi connectivity index (χ1v) is 13.7. The lowest BCUT2D eigenvalue weighted by atomic mass is 9.34. The molecule has 3 heteroatoms. The SMILES string of the molecule is Cc1ccccc1-c1ccc2c3c1Oc1cc(-c4ccccc4)ccc1B3c1ccc(-c3ccccc3)cc1O2. The minimum atomic E-state index is 0.0103. The molecule has 6 aromatic rings. The van der Waals surface area contributed by atoms with Crippen molar-refractivity contribution >= 4 is 23.1 Å². The number of ether oxygens (including phenoxy) is 2. The molecule has 0 unspecified atom stereocenters. The van der Waals surface area contributed by atoms with Crippen LogP contribution in [0.4, 0.5) is 0 Å². The van der Waals surface area contributed by atoms with E-state index < -0.39 is 0 Å². The van der Waals surface area contributed by atoms with Crippen LogP contribution in [-0.4, -0.2) is 6.71 Å². The normalized spacial score (nSPS) is 12.5. The molecule has 2 heterocycles. The van der Waals surface area contributed by atoms with Gasteiger partial charge in [-0.1, -0.05) is 109 Å². The summed E-state index contributed by atoms with van der Waals surface area (Å²) in [6.45, 7) is 2.16. The molecule has 0 radical (unpaired) electrons. The van der Waals surface area contributed by atoms with E-state index in [0.29, 0.717) is 0 Å². The third-order valence-electron chi connectivity index (χ3n) is 8.18. The Morgan fingerprint density at radius 1 is 0.450 bits per heavy atom. The first-order chi connectivity index (χ1) is 19.7. The van der Waals surface area contributed by atoms with Crippen LogP contribution in [0.25, 0.3) is 33.4 Å². The lowest BCUT2D eigenvalue weighted by Crippen LogP contribution is -2.57. The van der Waals surface area contributed by atoms with Crippen LogP contribution >= 0.6 is 0 Å². The molecule has 188 valence electrons. The fraction of sp³-hybridized carbons (Fsp3) is 0.0270. The largest absolute Gasteiger partial charge is 0.458 e. The predicted molar refractivity (Wildman–Crippen MR) is 165 cm³/mol. The molecule has 0 aliphatic carbocycles. The molecule has 0 saturated carbocycles. The van der Waals surface area contributed by atoms with E-state index in [-0.39, 0.29) is 6.71 Å². The van der Waals surface area contributed by atoms with E-state index in [9.17, 15) is 0 Å². The second-order valence-corrected chi connectivity index (χ2v) is 10.5. The summed E-state index contributed by atoms with van der Waals surface area (Å²) in [6.07, 6.45) is 0. The Hall–Kier alpha value is -5.02. The molecular formula is C37H25BO2. The van der Waals surface area contributed by atoms with Gasteiger partial charge in [-0.15, -0.1) is 0 Å². The molecule has 0 fully saturated rings. The van der Waals surface area contributed by atoms with Gasteiger partial charge in [0.25, 0.3) is 6.71 Å². The second kappa shape index (κ2) is 9.03. The molecule has 2 aliphatic rings. The first kappa shape index (κ1) is 22.9. The fourth-order valence-electron chi connectivity index (χ4n) is 6.19. The highest BCUT2D eigenvalue weighted by Gasteiger charge is 2.41. The highest BCUT2D eigenvalue weighted by molar-refractivity contribution is 6.98. The first-order valence-electron chi connectivity index (χ1n) is 13.7. The molecule has 0 saturated heterocycles. The molecule has 0 N–H and O–H groups in total. The van der Waals surface area contributed by atoms with Crippen LogP contribution in [0.1, 0.15) is 5.56 Å². The van der Waals surface area contributed by atoms with Crippen molar-refractivity contribution in [3.05, 3.63) is 139 Å². The summed E-state index contributed by atoms with van der Waals surface area (Å²) in [5, 5.41) is 0. The van der Waals surface area contributed by atoms with Crippen molar-refractivity contribution < 1.29 is 9.47 Å². The zero-order valence-electron chi connectivity index (χ0n) is 22.1. The van der Waals surface area contributed by atoms with Gasteiger partial charge in [0.2, 0.25) is 0 Å². The number of fused-ring (bicyclic) bond motifs is 4. The fourth-order valence-corrected chi connectivity index (χ4v) is 6.19. The maximum Gasteiger partial charge on any atom is 0.260 e. The third-order valence-corrected chi connectivity index (χ3v) is 8.18. The van der Waals surface area contributed by atoms with Gasteiger partial charge in [-0.05, 0) is 75.5 Å². The Balaban J connectivity index is 1.35. The standard InChI is InChI=1S/C37H25BO2/c1-24-10-8-9-15-29(24)30-18-21-33-36-37(30)40-35-23-28(26-13-6-3-7-14-26)17-20-32(35)38(36)31-19-16-27(22-34(31)39-33)25-11-4-2-5-12-25/h2-23H,1H3. The van der Waals surface area contributed by atoms with Gasteiger partial charge in [0.15, 0.2) is 0 Å². The van der Waals surface area contributed by atoms with Crippen LogP contribution in [0.15, 0.2) is 133 Å². The Morgan fingerprint density at radius 2 is 1.02 bits per heavy atom. The third kappa shape index (κ3) is 3.59. The van der Waals surface area contributed by atoms with Gasteiger partial charge in [0, 0.05) is 11.0 Å². The average Bonchev–Trinajstić information content (AvgIpc) is 3.02. The van der Waals surface area contributed by atoms with Crippen LogP contribution in [0.2, 0.25) is 0 Å². The molecule has 2 nitrogen and oxygen atoms in total. The zero-order chi connectivity index (χ0) is 26.6. The quantitative estimate of drug-likeness (QED) is 0.226. The van der Waals surface area contributed by atoms with Crippen LogP contribution in [0, 0.1) is 6.92 Å². The number of aryl methyl sites for hydroxylation is 1. The van der Waals surface area contributed by atoms with Crippen LogP contribution in [0.5, 0.6) is 23.0 Å². The summed E-state index contributed by atoms with van der Waals surface area (Å²) < 4.78 is 13.5. The van der Waals surface area contributed by atoms with E-state index in [4.69, 9.17) is 9.47 Å². The van der Waals surface area contributed by atoms with Crippen molar-refractivity contribution in [2.24, 2.45) is 0 Å². The molecular weight excluding hydrogens is 487 g/mol. The van der Waals surface area contributed by atoms with E-state index in [1.165, 1.54) is 22.3 Å². The topological polar surface area (TPSA) is 18.5 Å². The monoisotopic (exact) mass is 512 g/mol. The van der Waals surface area contributed by atoms with Crippen LogP contribution in [-0.2, 0) is 0 Å². The van der Waals surface area contributed by atoms with E-state index in [2.05, 4.69) is 128 Å². The minimum Gasteiger partial charge on any atom is -0.458 e. The van der Waals surface area contributed by atoms with Crippen molar-refractivity contribution in [1.82, 2.24) is 0 Å². The molecule has 0 bridgehead atoms. The highest BCUT2D eigenvalue weighted by atomic mass is 16.5. The van der Waals surface area contributed by atoms with Crippen molar-refractivity contribution in [1.29, 1.82) is 0 Å². The Bertz CT molecular complexity index is 1900. The molecule has 40 heavy (non-hydrogen) atoms. The lowest BCUT2D eigenvalue weighted by Gasteiger charge is -2.34.